The Labute approximate surface area is 163 Å². The number of pyridine rings is 1. The Morgan fingerprint density at radius 2 is 1.67 bits per heavy atom. The second-order valence-corrected chi connectivity index (χ2v) is 7.27. The number of phenolic OH excluding ortho intramolecular Hbond substituents is 1. The minimum atomic E-state index is 0.160. The first-order valence-electron chi connectivity index (χ1n) is 10.6. The van der Waals surface area contributed by atoms with E-state index in [0.29, 0.717) is 11.9 Å². The Balaban J connectivity index is 2.17. The fourth-order valence-electron chi connectivity index (χ4n) is 3.47. The van der Waals surface area contributed by atoms with Gasteiger partial charge in [0.15, 0.2) is 0 Å². The van der Waals surface area contributed by atoms with Gasteiger partial charge in [-0.1, -0.05) is 58.8 Å². The zero-order chi connectivity index (χ0) is 19.5. The summed E-state index contributed by atoms with van der Waals surface area (Å²) in [5.41, 5.74) is 1.43. The third-order valence-corrected chi connectivity index (χ3v) is 5.05. The van der Waals surface area contributed by atoms with E-state index >= 15 is 0 Å². The van der Waals surface area contributed by atoms with Gasteiger partial charge in [-0.15, -0.1) is 0 Å². The molecule has 0 aliphatic carbocycles. The lowest BCUT2D eigenvalue weighted by Gasteiger charge is -2.24. The van der Waals surface area contributed by atoms with E-state index < -0.39 is 0 Å². The molecule has 0 aliphatic rings. The zero-order valence-corrected chi connectivity index (χ0v) is 16.9. The van der Waals surface area contributed by atoms with Crippen LogP contribution in [0.1, 0.15) is 78.1 Å². The molecule has 0 radical (unpaired) electrons. The fraction of sp³-hybridized carbons (Fsp3) is 0.565. The molecule has 0 fully saturated rings. The molecule has 1 amide bonds. The van der Waals surface area contributed by atoms with Crippen molar-refractivity contribution < 1.29 is 9.90 Å². The van der Waals surface area contributed by atoms with Crippen LogP contribution < -0.4 is 4.90 Å². The predicted molar refractivity (Wildman–Crippen MR) is 113 cm³/mol. The first-order valence-corrected chi connectivity index (χ1v) is 10.6. The first-order chi connectivity index (χ1) is 13.2. The Hall–Kier alpha value is -2.10. The lowest BCUT2D eigenvalue weighted by molar-refractivity contribution is -0.118. The Morgan fingerprint density at radius 1 is 0.963 bits per heavy atom. The van der Waals surface area contributed by atoms with E-state index in [1.54, 1.807) is 12.3 Å². The number of hydrogen-bond acceptors (Lipinski definition) is 3. The predicted octanol–water partition coefficient (Wildman–Crippen LogP) is 6.21. The van der Waals surface area contributed by atoms with E-state index in [0.717, 1.165) is 43.3 Å². The summed E-state index contributed by atoms with van der Waals surface area (Å²) in [4.78, 5) is 19.2. The first kappa shape index (κ1) is 21.2. The number of rotatable bonds is 12. The zero-order valence-electron chi connectivity index (χ0n) is 16.9. The van der Waals surface area contributed by atoms with Gasteiger partial charge in [-0.3, -0.25) is 9.78 Å². The highest BCUT2D eigenvalue weighted by Gasteiger charge is 2.18. The Kier molecular flexibility index (Phi) is 9.09. The third-order valence-electron chi connectivity index (χ3n) is 5.05. The van der Waals surface area contributed by atoms with E-state index in [2.05, 4.69) is 18.8 Å². The van der Waals surface area contributed by atoms with Crippen LogP contribution in [0.15, 0.2) is 30.5 Å². The minimum absolute atomic E-state index is 0.160. The maximum absolute atomic E-state index is 13.0. The number of nitrogens with zero attached hydrogens (tertiary/aromatic N) is 2. The number of benzene rings is 1. The van der Waals surface area contributed by atoms with Crippen molar-refractivity contribution in [3.63, 3.8) is 0 Å². The molecule has 0 bridgehead atoms. The molecule has 0 saturated carbocycles. The number of phenols is 1. The minimum Gasteiger partial charge on any atom is -0.506 e. The maximum Gasteiger partial charge on any atom is 0.226 e. The summed E-state index contributed by atoms with van der Waals surface area (Å²) in [7, 11) is 0. The highest BCUT2D eigenvalue weighted by atomic mass is 16.3. The summed E-state index contributed by atoms with van der Waals surface area (Å²) in [6.07, 6.45) is 12.5. The second-order valence-electron chi connectivity index (χ2n) is 7.27. The Morgan fingerprint density at radius 3 is 2.41 bits per heavy atom. The number of amides is 1. The number of aromatic hydroxyl groups is 1. The highest BCUT2D eigenvalue weighted by Crippen LogP contribution is 2.32. The summed E-state index contributed by atoms with van der Waals surface area (Å²) in [5, 5.41) is 11.0. The molecule has 0 spiro atoms. The average molecular weight is 371 g/mol. The lowest BCUT2D eigenvalue weighted by Crippen LogP contribution is -2.32. The molecule has 4 nitrogen and oxygen atoms in total. The Bertz CT molecular complexity index is 715. The third kappa shape index (κ3) is 6.23. The fourth-order valence-corrected chi connectivity index (χ4v) is 3.47. The summed E-state index contributed by atoms with van der Waals surface area (Å²) in [5.74, 6) is 0.339. The molecule has 1 aromatic carbocycles. The van der Waals surface area contributed by atoms with E-state index in [1.807, 2.05) is 23.1 Å². The van der Waals surface area contributed by atoms with Gasteiger partial charge in [0.1, 0.15) is 11.3 Å². The second kappa shape index (κ2) is 11.6. The lowest BCUT2D eigenvalue weighted by atomic mass is 10.1. The van der Waals surface area contributed by atoms with Crippen molar-refractivity contribution in [1.82, 2.24) is 4.98 Å². The molecule has 1 heterocycles. The van der Waals surface area contributed by atoms with Gasteiger partial charge in [0.2, 0.25) is 5.91 Å². The molecule has 4 heteroatoms. The largest absolute Gasteiger partial charge is 0.506 e. The van der Waals surface area contributed by atoms with E-state index in [1.165, 1.54) is 32.1 Å². The number of anilines is 1. The molecule has 0 aliphatic heterocycles. The van der Waals surface area contributed by atoms with Crippen molar-refractivity contribution in [2.24, 2.45) is 0 Å². The van der Waals surface area contributed by atoms with Crippen LogP contribution in [0, 0.1) is 0 Å². The van der Waals surface area contributed by atoms with Crippen LogP contribution >= 0.6 is 0 Å². The number of carbonyl (C=O) groups is 1. The number of aromatic nitrogens is 1. The topological polar surface area (TPSA) is 53.4 Å². The van der Waals surface area contributed by atoms with Gasteiger partial charge >= 0.3 is 0 Å². The molecule has 0 atom stereocenters. The molecule has 1 aromatic heterocycles. The normalized spacial score (nSPS) is 11.0. The smallest absolute Gasteiger partial charge is 0.226 e. The van der Waals surface area contributed by atoms with Crippen LogP contribution in [0.25, 0.3) is 10.9 Å². The van der Waals surface area contributed by atoms with Gasteiger partial charge in [0, 0.05) is 24.5 Å². The summed E-state index contributed by atoms with van der Waals surface area (Å²) < 4.78 is 0. The molecule has 148 valence electrons. The number of hydrogen-bond donors (Lipinski definition) is 1. The van der Waals surface area contributed by atoms with Gasteiger partial charge in [-0.25, -0.2) is 0 Å². The van der Waals surface area contributed by atoms with Crippen LogP contribution in [-0.2, 0) is 4.79 Å². The molecule has 27 heavy (non-hydrogen) atoms. The van der Waals surface area contributed by atoms with Gasteiger partial charge in [0.05, 0.1) is 5.69 Å². The summed E-state index contributed by atoms with van der Waals surface area (Å²) in [6.45, 7) is 5.12. The van der Waals surface area contributed by atoms with Crippen molar-refractivity contribution in [2.45, 2.75) is 78.1 Å². The van der Waals surface area contributed by atoms with Crippen LogP contribution in [0.5, 0.6) is 5.75 Å². The summed E-state index contributed by atoms with van der Waals surface area (Å²) in [6, 6.07) is 7.30. The monoisotopic (exact) mass is 370 g/mol. The maximum atomic E-state index is 13.0. The van der Waals surface area contributed by atoms with Crippen molar-refractivity contribution in [1.29, 1.82) is 0 Å². The van der Waals surface area contributed by atoms with E-state index in [9.17, 15) is 9.90 Å². The van der Waals surface area contributed by atoms with Crippen LogP contribution in [-0.4, -0.2) is 22.5 Å². The molecule has 0 saturated heterocycles. The molecular formula is C23H34N2O2. The molecule has 2 aromatic rings. The van der Waals surface area contributed by atoms with Crippen LogP contribution in [0.2, 0.25) is 0 Å². The average Bonchev–Trinajstić information content (AvgIpc) is 2.69. The quantitative estimate of drug-likeness (QED) is 0.452. The molecule has 1 N–H and O–H groups in total. The van der Waals surface area contributed by atoms with Crippen molar-refractivity contribution in [3.05, 3.63) is 30.5 Å². The number of unbranched alkanes of at least 4 members (excludes halogenated alkanes) is 7. The highest BCUT2D eigenvalue weighted by molar-refractivity contribution is 6.04. The van der Waals surface area contributed by atoms with Crippen molar-refractivity contribution >= 4 is 22.5 Å². The van der Waals surface area contributed by atoms with Gasteiger partial charge in [0.25, 0.3) is 0 Å². The molecular weight excluding hydrogens is 336 g/mol. The standard InChI is InChI=1S/C23H34N2O2/c1-3-5-7-9-10-14-22(27)25(18-11-8-6-4-2)20-15-16-21(26)23-19(20)13-12-17-24-23/h12-13,15-17,26H,3-11,14,18H2,1-2H3. The van der Waals surface area contributed by atoms with Gasteiger partial charge < -0.3 is 10.0 Å². The number of carbonyl (C=O) groups excluding carboxylic acids is 1. The van der Waals surface area contributed by atoms with Crippen molar-refractivity contribution in [3.8, 4) is 5.75 Å². The van der Waals surface area contributed by atoms with Crippen LogP contribution in [0.3, 0.4) is 0 Å². The van der Waals surface area contributed by atoms with Crippen LogP contribution in [0.4, 0.5) is 5.69 Å². The number of fused-ring (bicyclic) bond motifs is 1. The van der Waals surface area contributed by atoms with E-state index in [-0.39, 0.29) is 11.7 Å². The molecule has 0 unspecified atom stereocenters. The SMILES string of the molecule is CCCCCCCC(=O)N(CCCCCC)c1ccc(O)c2ncccc12. The summed E-state index contributed by atoms with van der Waals surface area (Å²) >= 11 is 0. The van der Waals surface area contributed by atoms with Gasteiger partial charge in [-0.05, 0) is 37.1 Å². The van der Waals surface area contributed by atoms with Crippen molar-refractivity contribution in [2.75, 3.05) is 11.4 Å². The van der Waals surface area contributed by atoms with E-state index in [4.69, 9.17) is 0 Å². The van der Waals surface area contributed by atoms with Gasteiger partial charge in [-0.2, -0.15) is 0 Å². The molecule has 2 rings (SSSR count).